The maximum atomic E-state index is 12.3. The molecule has 4 rings (SSSR count). The van der Waals surface area contributed by atoms with E-state index >= 15 is 0 Å². The molecule has 0 amide bonds. The molecule has 7 nitrogen and oxygen atoms in total. The number of nitrogens with one attached hydrogen (secondary N) is 3. The Balaban J connectivity index is 1.41. The molecule has 37 heavy (non-hydrogen) atoms. The largest absolute Gasteiger partial charge is 0.354 e. The highest BCUT2D eigenvalue weighted by Gasteiger charge is 2.25. The fourth-order valence-corrected chi connectivity index (χ4v) is 4.94. The maximum absolute atomic E-state index is 12.3. The molecule has 1 saturated carbocycles. The summed E-state index contributed by atoms with van der Waals surface area (Å²) in [5.41, 5.74) is 4.94. The van der Waals surface area contributed by atoms with E-state index in [4.69, 9.17) is 0 Å². The van der Waals surface area contributed by atoms with Crippen molar-refractivity contribution < 1.29 is 4.79 Å². The Morgan fingerprint density at radius 1 is 0.811 bits per heavy atom. The van der Waals surface area contributed by atoms with E-state index in [-0.39, 0.29) is 5.92 Å². The zero-order valence-electron chi connectivity index (χ0n) is 22.4. The van der Waals surface area contributed by atoms with Gasteiger partial charge in [-0.2, -0.15) is 15.0 Å². The van der Waals surface area contributed by atoms with Crippen LogP contribution in [0.5, 0.6) is 0 Å². The lowest BCUT2D eigenvalue weighted by Crippen LogP contribution is -2.26. The minimum Gasteiger partial charge on any atom is -0.354 e. The van der Waals surface area contributed by atoms with Crippen molar-refractivity contribution in [2.45, 2.75) is 72.4 Å². The number of carbonyl (C=O) groups is 1. The second-order valence-corrected chi connectivity index (χ2v) is 10.2. The smallest absolute Gasteiger partial charge is 0.229 e. The van der Waals surface area contributed by atoms with E-state index < -0.39 is 0 Å². The van der Waals surface area contributed by atoms with Crippen molar-refractivity contribution in [3.63, 3.8) is 0 Å². The summed E-state index contributed by atoms with van der Waals surface area (Å²) < 4.78 is 0. The molecule has 0 unspecified atom stereocenters. The summed E-state index contributed by atoms with van der Waals surface area (Å²) in [6.07, 6.45) is 5.78. The molecule has 1 aliphatic rings. The van der Waals surface area contributed by atoms with Crippen molar-refractivity contribution in [2.24, 2.45) is 11.8 Å². The number of aryl methyl sites for hydroxylation is 1. The summed E-state index contributed by atoms with van der Waals surface area (Å²) in [4.78, 5) is 26.2. The van der Waals surface area contributed by atoms with Crippen LogP contribution in [0.1, 0.15) is 67.7 Å². The molecule has 0 bridgehead atoms. The predicted octanol–water partition coefficient (Wildman–Crippen LogP) is 6.30. The van der Waals surface area contributed by atoms with Gasteiger partial charge in [0.1, 0.15) is 5.78 Å². The van der Waals surface area contributed by atoms with E-state index in [1.165, 1.54) is 16.7 Å². The molecule has 1 heterocycles. The van der Waals surface area contributed by atoms with Crippen molar-refractivity contribution in [1.82, 2.24) is 15.0 Å². The van der Waals surface area contributed by atoms with E-state index in [0.717, 1.165) is 50.6 Å². The van der Waals surface area contributed by atoms with E-state index in [0.29, 0.717) is 42.6 Å². The van der Waals surface area contributed by atoms with Gasteiger partial charge in [-0.05, 0) is 74.1 Å². The summed E-state index contributed by atoms with van der Waals surface area (Å²) in [5.74, 6) is 2.87. The topological polar surface area (TPSA) is 91.8 Å². The fourth-order valence-electron chi connectivity index (χ4n) is 4.94. The van der Waals surface area contributed by atoms with Crippen LogP contribution in [0.3, 0.4) is 0 Å². The number of benzene rings is 2. The van der Waals surface area contributed by atoms with Gasteiger partial charge in [0.05, 0.1) is 0 Å². The lowest BCUT2D eigenvalue weighted by atomic mass is 9.79. The molecule has 0 spiro atoms. The number of hydrogen-bond acceptors (Lipinski definition) is 7. The van der Waals surface area contributed by atoms with Crippen molar-refractivity contribution >= 4 is 23.6 Å². The van der Waals surface area contributed by atoms with Crippen molar-refractivity contribution in [3.05, 3.63) is 70.8 Å². The highest BCUT2D eigenvalue weighted by Crippen LogP contribution is 2.30. The molecule has 0 atom stereocenters. The molecule has 0 radical (unpaired) electrons. The van der Waals surface area contributed by atoms with Crippen LogP contribution in [0, 0.1) is 25.7 Å². The average molecular weight is 501 g/mol. The molecule has 196 valence electrons. The molecule has 0 saturated heterocycles. The molecule has 7 heteroatoms. The molecule has 1 aromatic heterocycles. The van der Waals surface area contributed by atoms with Crippen LogP contribution in [-0.2, 0) is 17.9 Å². The summed E-state index contributed by atoms with van der Waals surface area (Å²) in [6, 6.07) is 16.6. The van der Waals surface area contributed by atoms with Gasteiger partial charge in [-0.25, -0.2) is 0 Å². The number of anilines is 3. The Morgan fingerprint density at radius 2 is 1.46 bits per heavy atom. The van der Waals surface area contributed by atoms with Crippen LogP contribution in [-0.4, -0.2) is 27.3 Å². The van der Waals surface area contributed by atoms with Gasteiger partial charge in [-0.15, -0.1) is 0 Å². The van der Waals surface area contributed by atoms with Gasteiger partial charge in [0.25, 0.3) is 0 Å². The Hall–Kier alpha value is -3.48. The van der Waals surface area contributed by atoms with Gasteiger partial charge < -0.3 is 16.0 Å². The predicted molar refractivity (Wildman–Crippen MR) is 151 cm³/mol. The van der Waals surface area contributed by atoms with Crippen molar-refractivity contribution in [3.8, 4) is 0 Å². The normalized spacial score (nSPS) is 17.3. The SMILES string of the molecule is CCCC(=O)C1CCC(CNc2nc(NCc3ccccc3)nc(NCc3cccc(C)c3C)n2)CC1. The van der Waals surface area contributed by atoms with E-state index in [2.05, 4.69) is 82.0 Å². The Kier molecular flexibility index (Phi) is 9.46. The number of carbonyl (C=O) groups excluding carboxylic acids is 1. The van der Waals surface area contributed by atoms with Crippen LogP contribution in [0.25, 0.3) is 0 Å². The third-order valence-electron chi connectivity index (χ3n) is 7.43. The highest BCUT2D eigenvalue weighted by molar-refractivity contribution is 5.80. The summed E-state index contributed by atoms with van der Waals surface area (Å²) in [7, 11) is 0. The van der Waals surface area contributed by atoms with E-state index in [1.807, 2.05) is 18.2 Å². The fraction of sp³-hybridized carbons (Fsp3) is 0.467. The monoisotopic (exact) mass is 500 g/mol. The zero-order valence-corrected chi connectivity index (χ0v) is 22.4. The van der Waals surface area contributed by atoms with Crippen LogP contribution in [0.15, 0.2) is 48.5 Å². The first kappa shape index (κ1) is 26.6. The molecule has 1 aliphatic carbocycles. The number of aromatic nitrogens is 3. The summed E-state index contributed by atoms with van der Waals surface area (Å²) in [5, 5.41) is 10.2. The average Bonchev–Trinajstić information content (AvgIpc) is 2.92. The quantitative estimate of drug-likeness (QED) is 0.269. The molecular weight excluding hydrogens is 460 g/mol. The standard InChI is InChI=1S/C30H40N6O/c1-4-9-27(37)25-16-14-24(15-17-25)19-32-29-34-28(31-18-23-11-6-5-7-12-23)35-30(36-29)33-20-26-13-8-10-21(2)22(26)3/h5-8,10-13,24-25H,4,9,14-20H2,1-3H3,(H3,31,32,33,34,35,36). The van der Waals surface area contributed by atoms with Gasteiger partial charge in [0.2, 0.25) is 17.8 Å². The molecule has 2 aromatic carbocycles. The highest BCUT2D eigenvalue weighted by atomic mass is 16.1. The number of nitrogens with zero attached hydrogens (tertiary/aromatic N) is 3. The minimum absolute atomic E-state index is 0.253. The Morgan fingerprint density at radius 3 is 2.14 bits per heavy atom. The Bertz CT molecular complexity index is 1160. The van der Waals surface area contributed by atoms with Crippen LogP contribution in [0.4, 0.5) is 17.8 Å². The first-order valence-electron chi connectivity index (χ1n) is 13.6. The number of hydrogen-bond donors (Lipinski definition) is 3. The molecule has 1 fully saturated rings. The first-order chi connectivity index (χ1) is 18.0. The molecule has 3 N–H and O–H groups in total. The minimum atomic E-state index is 0.253. The maximum Gasteiger partial charge on any atom is 0.229 e. The first-order valence-corrected chi connectivity index (χ1v) is 13.6. The third kappa shape index (κ3) is 7.75. The second kappa shape index (κ2) is 13.2. The number of rotatable bonds is 12. The van der Waals surface area contributed by atoms with E-state index in [1.54, 1.807) is 0 Å². The van der Waals surface area contributed by atoms with Gasteiger partial charge in [-0.3, -0.25) is 4.79 Å². The van der Waals surface area contributed by atoms with Gasteiger partial charge in [0.15, 0.2) is 0 Å². The number of Topliss-reactive ketones (excluding diaryl/α,β-unsaturated/α-hetero) is 1. The molecule has 0 aliphatic heterocycles. The van der Waals surface area contributed by atoms with Crippen LogP contribution in [0.2, 0.25) is 0 Å². The Labute approximate surface area is 220 Å². The molecular formula is C30H40N6O. The summed E-state index contributed by atoms with van der Waals surface area (Å²) >= 11 is 0. The van der Waals surface area contributed by atoms with Crippen LogP contribution < -0.4 is 16.0 Å². The zero-order chi connectivity index (χ0) is 26.0. The van der Waals surface area contributed by atoms with E-state index in [9.17, 15) is 4.79 Å². The second-order valence-electron chi connectivity index (χ2n) is 10.2. The number of ketones is 1. The summed E-state index contributed by atoms with van der Waals surface area (Å²) in [6.45, 7) is 8.43. The van der Waals surface area contributed by atoms with Crippen molar-refractivity contribution in [2.75, 3.05) is 22.5 Å². The third-order valence-corrected chi connectivity index (χ3v) is 7.43. The lowest BCUT2D eigenvalue weighted by molar-refractivity contribution is -0.124. The van der Waals surface area contributed by atoms with Gasteiger partial charge in [0, 0.05) is 32.0 Å². The van der Waals surface area contributed by atoms with Gasteiger partial charge in [-0.1, -0.05) is 55.5 Å². The molecule has 3 aromatic rings. The van der Waals surface area contributed by atoms with Crippen LogP contribution >= 0.6 is 0 Å². The lowest BCUT2D eigenvalue weighted by Gasteiger charge is -2.27. The van der Waals surface area contributed by atoms with Gasteiger partial charge >= 0.3 is 0 Å². The van der Waals surface area contributed by atoms with Crippen molar-refractivity contribution in [1.29, 1.82) is 0 Å².